The lowest BCUT2D eigenvalue weighted by atomic mass is 10.1. The molecule has 1 heterocycles. The second-order valence-electron chi connectivity index (χ2n) is 3.68. The molecule has 0 unspecified atom stereocenters. The van der Waals surface area contributed by atoms with Gasteiger partial charge in [-0.3, -0.25) is 4.79 Å². The van der Waals surface area contributed by atoms with Crippen molar-refractivity contribution in [2.75, 3.05) is 13.7 Å². The number of nitrogens with two attached hydrogens (primary N) is 1. The Morgan fingerprint density at radius 1 is 1.53 bits per heavy atom. The van der Waals surface area contributed by atoms with Gasteiger partial charge in [0.15, 0.2) is 3.83 Å². The summed E-state index contributed by atoms with van der Waals surface area (Å²) in [6.45, 7) is 0.235. The third-order valence-electron chi connectivity index (χ3n) is 2.30. The number of carbonyl (C=O) groups is 2. The molecular formula is C10H14I2N4O3. The van der Waals surface area contributed by atoms with Crippen LogP contribution in [0.15, 0.2) is 0 Å². The molecule has 0 aromatic carbocycles. The molecule has 1 atom stereocenters. The second-order valence-corrected chi connectivity index (χ2v) is 5.73. The highest BCUT2D eigenvalue weighted by molar-refractivity contribution is 14.1. The van der Waals surface area contributed by atoms with E-state index in [1.807, 2.05) is 22.6 Å². The van der Waals surface area contributed by atoms with E-state index in [-0.39, 0.29) is 18.9 Å². The molecule has 0 spiro atoms. The molecule has 19 heavy (non-hydrogen) atoms. The van der Waals surface area contributed by atoms with Gasteiger partial charge in [0.25, 0.3) is 0 Å². The van der Waals surface area contributed by atoms with Crippen LogP contribution in [-0.2, 0) is 20.7 Å². The van der Waals surface area contributed by atoms with Crippen molar-refractivity contribution in [3.8, 4) is 0 Å². The van der Waals surface area contributed by atoms with Gasteiger partial charge in [-0.05, 0) is 45.2 Å². The van der Waals surface area contributed by atoms with Gasteiger partial charge in [0.1, 0.15) is 9.74 Å². The third-order valence-corrected chi connectivity index (χ3v) is 3.70. The van der Waals surface area contributed by atoms with Crippen LogP contribution < -0.4 is 11.1 Å². The minimum Gasteiger partial charge on any atom is -0.467 e. The molecule has 9 heteroatoms. The van der Waals surface area contributed by atoms with Crippen molar-refractivity contribution < 1.29 is 14.3 Å². The molecule has 0 saturated heterocycles. The lowest BCUT2D eigenvalue weighted by Gasteiger charge is -2.15. The van der Waals surface area contributed by atoms with Crippen molar-refractivity contribution in [1.82, 2.24) is 15.3 Å². The molecule has 0 aliphatic heterocycles. The molecule has 1 aromatic heterocycles. The van der Waals surface area contributed by atoms with E-state index in [0.29, 0.717) is 6.42 Å². The first-order chi connectivity index (χ1) is 8.97. The Morgan fingerprint density at radius 2 is 2.21 bits per heavy atom. The predicted molar refractivity (Wildman–Crippen MR) is 85.3 cm³/mol. The Morgan fingerprint density at radius 3 is 2.68 bits per heavy atom. The molecule has 1 rings (SSSR count). The van der Waals surface area contributed by atoms with Crippen molar-refractivity contribution in [3.63, 3.8) is 0 Å². The molecule has 0 bridgehead atoms. The number of imidazole rings is 1. The van der Waals surface area contributed by atoms with Crippen LogP contribution >= 0.6 is 45.2 Å². The van der Waals surface area contributed by atoms with Gasteiger partial charge in [0.05, 0.1) is 12.8 Å². The van der Waals surface area contributed by atoms with Gasteiger partial charge < -0.3 is 20.8 Å². The molecule has 0 aliphatic rings. The Hall–Kier alpha value is -0.430. The summed E-state index contributed by atoms with van der Waals surface area (Å²) in [5.41, 5.74) is 6.08. The lowest BCUT2D eigenvalue weighted by molar-refractivity contribution is -0.145. The number of halogens is 2. The monoisotopic (exact) mass is 492 g/mol. The van der Waals surface area contributed by atoms with Gasteiger partial charge in [0, 0.05) is 19.4 Å². The van der Waals surface area contributed by atoms with Gasteiger partial charge >= 0.3 is 5.97 Å². The van der Waals surface area contributed by atoms with Gasteiger partial charge in [-0.1, -0.05) is 0 Å². The molecule has 0 aliphatic carbocycles. The van der Waals surface area contributed by atoms with Crippen molar-refractivity contribution in [2.45, 2.75) is 18.9 Å². The first-order valence-electron chi connectivity index (χ1n) is 5.45. The van der Waals surface area contributed by atoms with E-state index in [4.69, 9.17) is 5.73 Å². The predicted octanol–water partition coefficient (Wildman–Crippen LogP) is 0.168. The van der Waals surface area contributed by atoms with Crippen LogP contribution in [0.1, 0.15) is 12.1 Å². The van der Waals surface area contributed by atoms with Crippen LogP contribution in [0, 0.1) is 7.53 Å². The fourth-order valence-electron chi connectivity index (χ4n) is 1.43. The lowest BCUT2D eigenvalue weighted by Crippen LogP contribution is -2.43. The molecule has 7 nitrogen and oxygen atoms in total. The number of hydrogen-bond donors (Lipinski definition) is 3. The number of esters is 1. The maximum atomic E-state index is 11.7. The second kappa shape index (κ2) is 7.99. The standard InChI is InChI=1S/C10H14I2N4O3/c1-19-9(18)6(14-7(17)2-3-13)4-5-8(11)16-10(12)15-5/h6H,2-4,13H2,1H3,(H,14,17)(H,15,16)/t6-/m0/s1. The van der Waals surface area contributed by atoms with Gasteiger partial charge in [-0.2, -0.15) is 0 Å². The molecule has 106 valence electrons. The number of aromatic amines is 1. The highest BCUT2D eigenvalue weighted by Gasteiger charge is 2.23. The summed E-state index contributed by atoms with van der Waals surface area (Å²) in [6.07, 6.45) is 0.475. The highest BCUT2D eigenvalue weighted by atomic mass is 127. The normalized spacial score (nSPS) is 12.0. The van der Waals surface area contributed by atoms with Crippen LogP contribution in [0.5, 0.6) is 0 Å². The molecule has 0 fully saturated rings. The SMILES string of the molecule is COC(=O)[C@H](Cc1[nH]c(I)nc1I)NC(=O)CCN. The number of carbonyl (C=O) groups excluding carboxylic acids is 2. The molecule has 1 aromatic rings. The van der Waals surface area contributed by atoms with E-state index in [1.54, 1.807) is 0 Å². The fraction of sp³-hybridized carbons (Fsp3) is 0.500. The zero-order valence-electron chi connectivity index (χ0n) is 10.2. The Balaban J connectivity index is 2.77. The van der Waals surface area contributed by atoms with Crippen molar-refractivity contribution in [1.29, 1.82) is 0 Å². The number of amides is 1. The Kier molecular flexibility index (Phi) is 6.99. The minimum absolute atomic E-state index is 0.172. The molecule has 0 saturated carbocycles. The topological polar surface area (TPSA) is 110 Å². The highest BCUT2D eigenvalue weighted by Crippen LogP contribution is 2.13. The summed E-state index contributed by atoms with van der Waals surface area (Å²) in [6, 6.07) is -0.742. The van der Waals surface area contributed by atoms with Crippen LogP contribution in [0.2, 0.25) is 0 Å². The summed E-state index contributed by atoms with van der Waals surface area (Å²) in [5, 5.41) is 2.61. The number of nitrogens with zero attached hydrogens (tertiary/aromatic N) is 1. The summed E-state index contributed by atoms with van der Waals surface area (Å²) in [7, 11) is 1.28. The van der Waals surface area contributed by atoms with E-state index in [9.17, 15) is 9.59 Å². The average Bonchev–Trinajstić information content (AvgIpc) is 2.66. The molecule has 1 amide bonds. The number of nitrogens with one attached hydrogen (secondary N) is 2. The molecule has 4 N–H and O–H groups in total. The summed E-state index contributed by atoms with van der Waals surface area (Å²) in [4.78, 5) is 30.4. The van der Waals surface area contributed by atoms with Crippen molar-refractivity contribution in [2.24, 2.45) is 5.73 Å². The van der Waals surface area contributed by atoms with Crippen molar-refractivity contribution >= 4 is 57.1 Å². The average molecular weight is 492 g/mol. The Labute approximate surface area is 137 Å². The van der Waals surface area contributed by atoms with E-state index < -0.39 is 12.0 Å². The number of aromatic nitrogens is 2. The molecule has 0 radical (unpaired) electrons. The zero-order chi connectivity index (χ0) is 14.4. The van der Waals surface area contributed by atoms with Crippen LogP contribution in [0.4, 0.5) is 0 Å². The quantitative estimate of drug-likeness (QED) is 0.388. The zero-order valence-corrected chi connectivity index (χ0v) is 14.5. The maximum Gasteiger partial charge on any atom is 0.328 e. The number of ether oxygens (including phenoxy) is 1. The van der Waals surface area contributed by atoms with E-state index in [0.717, 1.165) is 13.2 Å². The van der Waals surface area contributed by atoms with Gasteiger partial charge in [-0.15, -0.1) is 0 Å². The van der Waals surface area contributed by atoms with Crippen LogP contribution in [0.3, 0.4) is 0 Å². The summed E-state index contributed by atoms with van der Waals surface area (Å²) < 4.78 is 6.18. The van der Waals surface area contributed by atoms with Crippen molar-refractivity contribution in [3.05, 3.63) is 13.2 Å². The third kappa shape index (κ3) is 5.22. The van der Waals surface area contributed by atoms with Crippen LogP contribution in [0.25, 0.3) is 0 Å². The summed E-state index contributed by atoms with van der Waals surface area (Å²) >= 11 is 4.12. The van der Waals surface area contributed by atoms with E-state index >= 15 is 0 Å². The van der Waals surface area contributed by atoms with Gasteiger partial charge in [-0.25, -0.2) is 9.78 Å². The van der Waals surface area contributed by atoms with Crippen LogP contribution in [-0.4, -0.2) is 41.5 Å². The number of rotatable bonds is 6. The van der Waals surface area contributed by atoms with E-state index in [1.165, 1.54) is 7.11 Å². The smallest absolute Gasteiger partial charge is 0.328 e. The number of H-pyrrole nitrogens is 1. The largest absolute Gasteiger partial charge is 0.467 e. The fourth-order valence-corrected chi connectivity index (χ4v) is 3.05. The minimum atomic E-state index is -0.742. The first kappa shape index (κ1) is 16.6. The Bertz CT molecular complexity index is 464. The molecular weight excluding hydrogens is 478 g/mol. The summed E-state index contributed by atoms with van der Waals surface area (Å²) in [5.74, 6) is -0.770. The van der Waals surface area contributed by atoms with E-state index in [2.05, 4.69) is 42.6 Å². The maximum absolute atomic E-state index is 11.7. The van der Waals surface area contributed by atoms with Gasteiger partial charge in [0.2, 0.25) is 5.91 Å². The first-order valence-corrected chi connectivity index (χ1v) is 7.60. The number of hydrogen-bond acceptors (Lipinski definition) is 5. The number of methoxy groups -OCH3 is 1.